The van der Waals surface area contributed by atoms with Gasteiger partial charge in [-0.2, -0.15) is 0 Å². The fourth-order valence-corrected chi connectivity index (χ4v) is 3.90. The maximum absolute atomic E-state index is 13.2. The number of benzene rings is 2. The first-order valence-corrected chi connectivity index (χ1v) is 9.63. The third-order valence-corrected chi connectivity index (χ3v) is 5.37. The van der Waals surface area contributed by atoms with Crippen molar-refractivity contribution in [2.75, 3.05) is 36.0 Å². The van der Waals surface area contributed by atoms with Crippen LogP contribution in [0.1, 0.15) is 12.7 Å². The molecule has 28 heavy (non-hydrogen) atoms. The lowest BCUT2D eigenvalue weighted by Gasteiger charge is -2.36. The minimum atomic E-state index is -0.205. The summed E-state index contributed by atoms with van der Waals surface area (Å²) in [5.41, 5.74) is 3.84. The molecule has 0 saturated carbocycles. The summed E-state index contributed by atoms with van der Waals surface area (Å²) in [6.45, 7) is 5.44. The van der Waals surface area contributed by atoms with Crippen LogP contribution in [0.25, 0.3) is 16.7 Å². The SMILES string of the molecule is CCc1nnc2c(N3CCN(c4ccc(F)cc4)CC3)nc3ccccc3n12. The van der Waals surface area contributed by atoms with E-state index in [4.69, 9.17) is 4.98 Å². The zero-order valence-electron chi connectivity index (χ0n) is 15.7. The molecule has 1 fully saturated rings. The summed E-state index contributed by atoms with van der Waals surface area (Å²) >= 11 is 0. The predicted octanol–water partition coefficient (Wildman–Crippen LogP) is 3.31. The molecule has 0 N–H and O–H groups in total. The Bertz CT molecular complexity index is 1130. The lowest BCUT2D eigenvalue weighted by molar-refractivity contribution is 0.624. The molecule has 0 amide bonds. The van der Waals surface area contributed by atoms with Crippen LogP contribution in [0.2, 0.25) is 0 Å². The van der Waals surface area contributed by atoms with Gasteiger partial charge in [0.25, 0.3) is 0 Å². The molecular weight excluding hydrogens is 355 g/mol. The normalized spacial score (nSPS) is 14.9. The van der Waals surface area contributed by atoms with Gasteiger partial charge >= 0.3 is 0 Å². The molecule has 1 saturated heterocycles. The van der Waals surface area contributed by atoms with Crippen LogP contribution in [-0.2, 0) is 6.42 Å². The van der Waals surface area contributed by atoms with Gasteiger partial charge in [0.15, 0.2) is 5.82 Å². The van der Waals surface area contributed by atoms with Crippen LogP contribution in [0.4, 0.5) is 15.9 Å². The zero-order valence-corrected chi connectivity index (χ0v) is 15.7. The van der Waals surface area contributed by atoms with E-state index in [9.17, 15) is 4.39 Å². The largest absolute Gasteiger partial charge is 0.368 e. The molecule has 0 unspecified atom stereocenters. The van der Waals surface area contributed by atoms with E-state index in [2.05, 4.69) is 37.4 Å². The van der Waals surface area contributed by atoms with Crippen molar-refractivity contribution in [3.63, 3.8) is 0 Å². The van der Waals surface area contributed by atoms with Crippen molar-refractivity contribution in [1.29, 1.82) is 0 Å². The molecule has 5 rings (SSSR count). The van der Waals surface area contributed by atoms with Crippen molar-refractivity contribution in [3.8, 4) is 0 Å². The molecular formula is C21H21FN6. The minimum Gasteiger partial charge on any atom is -0.368 e. The van der Waals surface area contributed by atoms with Crippen molar-refractivity contribution in [2.45, 2.75) is 13.3 Å². The fraction of sp³-hybridized carbons (Fsp3) is 0.286. The van der Waals surface area contributed by atoms with Gasteiger partial charge in [0.1, 0.15) is 11.6 Å². The molecule has 6 nitrogen and oxygen atoms in total. The molecule has 0 bridgehead atoms. The van der Waals surface area contributed by atoms with Gasteiger partial charge < -0.3 is 9.80 Å². The number of piperazine rings is 1. The van der Waals surface area contributed by atoms with Crippen LogP contribution in [-0.4, -0.2) is 45.8 Å². The second kappa shape index (κ2) is 6.74. The quantitative estimate of drug-likeness (QED) is 0.549. The predicted molar refractivity (Wildman–Crippen MR) is 108 cm³/mol. The van der Waals surface area contributed by atoms with E-state index >= 15 is 0 Å². The molecule has 3 heterocycles. The highest BCUT2D eigenvalue weighted by atomic mass is 19.1. The average molecular weight is 376 g/mol. The smallest absolute Gasteiger partial charge is 0.204 e. The Kier molecular flexibility index (Phi) is 4.07. The summed E-state index contributed by atoms with van der Waals surface area (Å²) in [6.07, 6.45) is 0.812. The van der Waals surface area contributed by atoms with Crippen LogP contribution in [0.5, 0.6) is 0 Å². The number of anilines is 2. The highest BCUT2D eigenvalue weighted by Gasteiger charge is 2.23. The summed E-state index contributed by atoms with van der Waals surface area (Å²) in [6, 6.07) is 14.8. The van der Waals surface area contributed by atoms with Crippen LogP contribution < -0.4 is 9.80 Å². The monoisotopic (exact) mass is 376 g/mol. The fourth-order valence-electron chi connectivity index (χ4n) is 3.90. The number of fused-ring (bicyclic) bond motifs is 3. The topological polar surface area (TPSA) is 49.6 Å². The molecule has 1 aliphatic rings. The van der Waals surface area contributed by atoms with Crippen LogP contribution in [0, 0.1) is 5.82 Å². The Labute approximate surface area is 162 Å². The number of halogens is 1. The Morgan fingerprint density at radius 3 is 2.36 bits per heavy atom. The molecule has 4 aromatic rings. The van der Waals surface area contributed by atoms with Crippen LogP contribution in [0.15, 0.2) is 48.5 Å². The van der Waals surface area contributed by atoms with Crippen molar-refractivity contribution in [1.82, 2.24) is 19.6 Å². The highest BCUT2D eigenvalue weighted by Crippen LogP contribution is 2.26. The van der Waals surface area contributed by atoms with Gasteiger partial charge in [0.2, 0.25) is 5.65 Å². The Morgan fingerprint density at radius 1 is 0.893 bits per heavy atom. The number of aryl methyl sites for hydroxylation is 1. The maximum Gasteiger partial charge on any atom is 0.204 e. The van der Waals surface area contributed by atoms with E-state index in [0.717, 1.165) is 66.6 Å². The van der Waals surface area contributed by atoms with E-state index in [1.54, 1.807) is 0 Å². The summed E-state index contributed by atoms with van der Waals surface area (Å²) < 4.78 is 15.3. The second-order valence-electron chi connectivity index (χ2n) is 7.00. The lowest BCUT2D eigenvalue weighted by atomic mass is 10.2. The standard InChI is InChI=1S/C21H21FN6/c1-2-19-24-25-21-20(23-17-5-3-4-6-18(17)28(19)21)27-13-11-26(12-14-27)16-9-7-15(22)8-10-16/h3-10H,2,11-14H2,1H3. The summed E-state index contributed by atoms with van der Waals surface area (Å²) in [7, 11) is 0. The first kappa shape index (κ1) is 16.9. The molecule has 0 aliphatic carbocycles. The van der Waals surface area contributed by atoms with Crippen molar-refractivity contribution >= 4 is 28.2 Å². The molecule has 2 aromatic carbocycles. The number of para-hydroxylation sites is 2. The van der Waals surface area contributed by atoms with Gasteiger partial charge in [0.05, 0.1) is 11.0 Å². The van der Waals surface area contributed by atoms with E-state index in [-0.39, 0.29) is 5.82 Å². The average Bonchev–Trinajstić information content (AvgIpc) is 3.18. The van der Waals surface area contributed by atoms with E-state index in [1.165, 1.54) is 12.1 Å². The highest BCUT2D eigenvalue weighted by molar-refractivity contribution is 5.83. The van der Waals surface area contributed by atoms with E-state index in [1.807, 2.05) is 30.3 Å². The Hall–Kier alpha value is -3.22. The van der Waals surface area contributed by atoms with Gasteiger partial charge in [-0.15, -0.1) is 10.2 Å². The second-order valence-corrected chi connectivity index (χ2v) is 7.00. The van der Waals surface area contributed by atoms with Gasteiger partial charge in [-0.1, -0.05) is 19.1 Å². The minimum absolute atomic E-state index is 0.205. The molecule has 0 atom stereocenters. The van der Waals surface area contributed by atoms with Crippen molar-refractivity contribution in [2.24, 2.45) is 0 Å². The number of aromatic nitrogens is 4. The maximum atomic E-state index is 13.2. The summed E-state index contributed by atoms with van der Waals surface area (Å²) in [5.74, 6) is 1.62. The van der Waals surface area contributed by atoms with Crippen LogP contribution in [0.3, 0.4) is 0 Å². The third-order valence-electron chi connectivity index (χ3n) is 5.37. The third kappa shape index (κ3) is 2.74. The van der Waals surface area contributed by atoms with E-state index in [0.29, 0.717) is 0 Å². The van der Waals surface area contributed by atoms with Gasteiger partial charge in [-0.3, -0.25) is 4.40 Å². The summed E-state index contributed by atoms with van der Waals surface area (Å²) in [5, 5.41) is 8.85. The first-order valence-electron chi connectivity index (χ1n) is 9.63. The Balaban J connectivity index is 1.49. The van der Waals surface area contributed by atoms with E-state index < -0.39 is 0 Å². The number of nitrogens with zero attached hydrogens (tertiary/aromatic N) is 6. The first-order chi connectivity index (χ1) is 13.7. The van der Waals surface area contributed by atoms with Crippen molar-refractivity contribution < 1.29 is 4.39 Å². The number of rotatable bonds is 3. The molecule has 142 valence electrons. The zero-order chi connectivity index (χ0) is 19.1. The molecule has 2 aromatic heterocycles. The van der Waals surface area contributed by atoms with Gasteiger partial charge in [0, 0.05) is 38.3 Å². The Morgan fingerprint density at radius 2 is 1.61 bits per heavy atom. The molecule has 0 spiro atoms. The van der Waals surface area contributed by atoms with Crippen molar-refractivity contribution in [3.05, 3.63) is 60.2 Å². The molecule has 7 heteroatoms. The van der Waals surface area contributed by atoms with Gasteiger partial charge in [-0.05, 0) is 36.4 Å². The molecule has 1 aliphatic heterocycles. The summed E-state index contributed by atoms with van der Waals surface area (Å²) in [4.78, 5) is 9.47. The number of hydrogen-bond acceptors (Lipinski definition) is 5. The van der Waals surface area contributed by atoms with Gasteiger partial charge in [-0.25, -0.2) is 9.37 Å². The van der Waals surface area contributed by atoms with Crippen LogP contribution >= 0.6 is 0 Å². The number of hydrogen-bond donors (Lipinski definition) is 0. The lowest BCUT2D eigenvalue weighted by Crippen LogP contribution is -2.47. The molecule has 0 radical (unpaired) electrons.